The summed E-state index contributed by atoms with van der Waals surface area (Å²) < 4.78 is 5.72. The minimum atomic E-state index is 0.692. The first-order valence-electron chi connectivity index (χ1n) is 8.05. The quantitative estimate of drug-likeness (QED) is 0.636. The van der Waals surface area contributed by atoms with Gasteiger partial charge in [0.1, 0.15) is 11.6 Å². The van der Waals surface area contributed by atoms with E-state index in [1.54, 1.807) is 0 Å². The summed E-state index contributed by atoms with van der Waals surface area (Å²) in [6.45, 7) is 7.00. The molecule has 0 aliphatic heterocycles. The zero-order valence-electron chi connectivity index (χ0n) is 14.0. The summed E-state index contributed by atoms with van der Waals surface area (Å²) in [6.07, 6.45) is 5.20. The molecule has 21 heavy (non-hydrogen) atoms. The van der Waals surface area contributed by atoms with Gasteiger partial charge in [0, 0.05) is 19.0 Å². The minimum Gasteiger partial charge on any atom is -0.478 e. The summed E-state index contributed by atoms with van der Waals surface area (Å²) in [4.78, 5) is 11.2. The van der Waals surface area contributed by atoms with Crippen LogP contribution in [0.3, 0.4) is 0 Å². The molecule has 120 valence electrons. The van der Waals surface area contributed by atoms with Gasteiger partial charge in [0.05, 0.1) is 6.61 Å². The van der Waals surface area contributed by atoms with Crippen LogP contribution in [0.2, 0.25) is 0 Å². The van der Waals surface area contributed by atoms with Crippen molar-refractivity contribution >= 4 is 5.82 Å². The Balaban J connectivity index is 2.58. The fourth-order valence-corrected chi connectivity index (χ4v) is 1.91. The van der Waals surface area contributed by atoms with Gasteiger partial charge in [0.15, 0.2) is 0 Å². The van der Waals surface area contributed by atoms with Gasteiger partial charge in [-0.05, 0) is 39.9 Å². The van der Waals surface area contributed by atoms with Crippen LogP contribution in [0.5, 0.6) is 5.88 Å². The van der Waals surface area contributed by atoms with Crippen LogP contribution < -0.4 is 10.1 Å². The second-order valence-corrected chi connectivity index (χ2v) is 5.54. The van der Waals surface area contributed by atoms with Crippen LogP contribution in [0.15, 0.2) is 6.07 Å². The molecular formula is C16H30N4O. The molecule has 0 spiro atoms. The maximum atomic E-state index is 5.72. The second kappa shape index (κ2) is 10.4. The molecule has 1 aromatic rings. The number of anilines is 1. The molecule has 0 fully saturated rings. The van der Waals surface area contributed by atoms with E-state index in [9.17, 15) is 0 Å². The lowest BCUT2D eigenvalue weighted by Crippen LogP contribution is -2.17. The van der Waals surface area contributed by atoms with Crippen LogP contribution in [0.4, 0.5) is 5.82 Å². The van der Waals surface area contributed by atoms with Crippen molar-refractivity contribution in [3.63, 3.8) is 0 Å². The highest BCUT2D eigenvalue weighted by molar-refractivity contribution is 5.38. The SMILES string of the molecule is CCCCOc1cc(NCCCN(C)C)nc(CCC)n1. The number of ether oxygens (including phenoxy) is 1. The van der Waals surface area contributed by atoms with Crippen molar-refractivity contribution in [1.82, 2.24) is 14.9 Å². The third-order valence-corrected chi connectivity index (χ3v) is 3.06. The van der Waals surface area contributed by atoms with Crippen molar-refractivity contribution in [1.29, 1.82) is 0 Å². The van der Waals surface area contributed by atoms with Gasteiger partial charge in [-0.2, -0.15) is 4.98 Å². The number of nitrogens with one attached hydrogen (secondary N) is 1. The van der Waals surface area contributed by atoms with Gasteiger partial charge in [-0.3, -0.25) is 0 Å². The van der Waals surface area contributed by atoms with Crippen molar-refractivity contribution in [3.05, 3.63) is 11.9 Å². The number of nitrogens with zero attached hydrogens (tertiary/aromatic N) is 3. The molecule has 5 heteroatoms. The summed E-state index contributed by atoms with van der Waals surface area (Å²) in [7, 11) is 4.17. The van der Waals surface area contributed by atoms with Crippen molar-refractivity contribution < 1.29 is 4.74 Å². The number of aromatic nitrogens is 2. The van der Waals surface area contributed by atoms with Gasteiger partial charge in [-0.25, -0.2) is 4.98 Å². The lowest BCUT2D eigenvalue weighted by Gasteiger charge is -2.12. The van der Waals surface area contributed by atoms with E-state index in [1.807, 2.05) is 6.07 Å². The zero-order valence-corrected chi connectivity index (χ0v) is 14.0. The highest BCUT2D eigenvalue weighted by Gasteiger charge is 2.05. The number of rotatable bonds is 11. The Morgan fingerprint density at radius 2 is 1.95 bits per heavy atom. The molecule has 0 saturated heterocycles. The Morgan fingerprint density at radius 3 is 2.62 bits per heavy atom. The summed E-state index contributed by atoms with van der Waals surface area (Å²) in [5.41, 5.74) is 0. The summed E-state index contributed by atoms with van der Waals surface area (Å²) >= 11 is 0. The largest absolute Gasteiger partial charge is 0.478 e. The van der Waals surface area contributed by atoms with E-state index in [-0.39, 0.29) is 0 Å². The van der Waals surface area contributed by atoms with Gasteiger partial charge in [0.2, 0.25) is 5.88 Å². The van der Waals surface area contributed by atoms with Gasteiger partial charge in [-0.15, -0.1) is 0 Å². The Hall–Kier alpha value is -1.36. The van der Waals surface area contributed by atoms with Crippen LogP contribution in [-0.4, -0.2) is 48.7 Å². The molecule has 1 rings (SSSR count). The fourth-order valence-electron chi connectivity index (χ4n) is 1.91. The Morgan fingerprint density at radius 1 is 1.14 bits per heavy atom. The smallest absolute Gasteiger partial charge is 0.218 e. The van der Waals surface area contributed by atoms with Gasteiger partial charge in [-0.1, -0.05) is 20.3 Å². The number of hydrogen-bond acceptors (Lipinski definition) is 5. The Kier molecular flexibility index (Phi) is 8.74. The maximum absolute atomic E-state index is 5.72. The third-order valence-electron chi connectivity index (χ3n) is 3.06. The summed E-state index contributed by atoms with van der Waals surface area (Å²) in [6, 6.07) is 1.91. The van der Waals surface area contributed by atoms with Crippen molar-refractivity contribution in [3.8, 4) is 5.88 Å². The van der Waals surface area contributed by atoms with Crippen LogP contribution >= 0.6 is 0 Å². The predicted octanol–water partition coefficient (Wildman–Crippen LogP) is 2.97. The molecule has 0 radical (unpaired) electrons. The molecule has 0 aromatic carbocycles. The van der Waals surface area contributed by atoms with Gasteiger partial charge in [0.25, 0.3) is 0 Å². The van der Waals surface area contributed by atoms with Crippen molar-refractivity contribution in [2.75, 3.05) is 39.1 Å². The topological polar surface area (TPSA) is 50.3 Å². The zero-order chi connectivity index (χ0) is 15.5. The highest BCUT2D eigenvalue weighted by atomic mass is 16.5. The summed E-state index contributed by atoms with van der Waals surface area (Å²) in [5, 5.41) is 3.37. The monoisotopic (exact) mass is 294 g/mol. The Bertz CT molecular complexity index is 396. The number of hydrogen-bond donors (Lipinski definition) is 1. The molecular weight excluding hydrogens is 264 g/mol. The molecule has 0 aliphatic carbocycles. The molecule has 0 unspecified atom stereocenters. The molecule has 0 bridgehead atoms. The van der Waals surface area contributed by atoms with Crippen LogP contribution in [0.1, 0.15) is 45.4 Å². The molecule has 1 N–H and O–H groups in total. The van der Waals surface area contributed by atoms with Crippen molar-refractivity contribution in [2.24, 2.45) is 0 Å². The first kappa shape index (κ1) is 17.7. The lowest BCUT2D eigenvalue weighted by atomic mass is 10.3. The van der Waals surface area contributed by atoms with Gasteiger partial charge < -0.3 is 15.0 Å². The van der Waals surface area contributed by atoms with E-state index in [2.05, 4.69) is 48.1 Å². The normalized spacial score (nSPS) is 10.9. The van der Waals surface area contributed by atoms with E-state index in [1.165, 1.54) is 0 Å². The van der Waals surface area contributed by atoms with E-state index in [0.717, 1.165) is 63.4 Å². The first-order chi connectivity index (χ1) is 10.2. The number of unbranched alkanes of at least 4 members (excludes halogenated alkanes) is 1. The molecule has 0 aliphatic rings. The van der Waals surface area contributed by atoms with Crippen molar-refractivity contribution in [2.45, 2.75) is 46.0 Å². The standard InChI is InChI=1S/C16H30N4O/c1-5-7-12-21-16-13-15(17-10-8-11-20(3)4)18-14(19-16)9-6-2/h13H,5-12H2,1-4H3,(H,17,18,19). The first-order valence-corrected chi connectivity index (χ1v) is 8.05. The average Bonchev–Trinajstić information content (AvgIpc) is 2.44. The molecule has 0 saturated carbocycles. The Labute approximate surface area is 129 Å². The van der Waals surface area contributed by atoms with Gasteiger partial charge >= 0.3 is 0 Å². The predicted molar refractivity (Wildman–Crippen MR) is 88.1 cm³/mol. The molecule has 1 heterocycles. The molecule has 1 aromatic heterocycles. The fraction of sp³-hybridized carbons (Fsp3) is 0.750. The minimum absolute atomic E-state index is 0.692. The number of aryl methyl sites for hydroxylation is 1. The average molecular weight is 294 g/mol. The van der Waals surface area contributed by atoms with E-state index >= 15 is 0 Å². The summed E-state index contributed by atoms with van der Waals surface area (Å²) in [5.74, 6) is 2.43. The van der Waals surface area contributed by atoms with E-state index < -0.39 is 0 Å². The molecule has 5 nitrogen and oxygen atoms in total. The van der Waals surface area contributed by atoms with Crippen LogP contribution in [0.25, 0.3) is 0 Å². The van der Waals surface area contributed by atoms with E-state index in [0.29, 0.717) is 5.88 Å². The maximum Gasteiger partial charge on any atom is 0.218 e. The van der Waals surface area contributed by atoms with Crippen LogP contribution in [0, 0.1) is 0 Å². The third kappa shape index (κ3) is 7.85. The van der Waals surface area contributed by atoms with Crippen LogP contribution in [-0.2, 0) is 6.42 Å². The molecule has 0 amide bonds. The second-order valence-electron chi connectivity index (χ2n) is 5.54. The molecule has 0 atom stereocenters. The lowest BCUT2D eigenvalue weighted by molar-refractivity contribution is 0.296. The van der Waals surface area contributed by atoms with E-state index in [4.69, 9.17) is 4.74 Å². The highest BCUT2D eigenvalue weighted by Crippen LogP contribution is 2.15.